The minimum Gasteiger partial charge on any atom is -0.446 e. The first-order valence-electron chi connectivity index (χ1n) is 21.8. The van der Waals surface area contributed by atoms with Crippen LogP contribution in [0, 0.1) is 75.4 Å². The van der Waals surface area contributed by atoms with Crippen molar-refractivity contribution in [2.75, 3.05) is 59.4 Å². The zero-order valence-electron chi connectivity index (χ0n) is 35.6. The van der Waals surface area contributed by atoms with Crippen molar-refractivity contribution in [3.05, 3.63) is 40.7 Å². The van der Waals surface area contributed by atoms with Gasteiger partial charge in [-0.3, -0.25) is 4.79 Å². The van der Waals surface area contributed by atoms with E-state index < -0.39 is 53.3 Å². The molecule has 1 aromatic rings. The van der Waals surface area contributed by atoms with Gasteiger partial charge in [0, 0.05) is 13.0 Å². The number of ether oxygens (including phenoxy) is 6. The molecule has 0 radical (unpaired) electrons. The molecule has 0 aliphatic heterocycles. The highest BCUT2D eigenvalue weighted by atomic mass is 19.2. The number of fused-ring (bicyclic) bond motifs is 5. The molecule has 0 heterocycles. The van der Waals surface area contributed by atoms with Crippen molar-refractivity contribution in [1.29, 1.82) is 0 Å². The van der Waals surface area contributed by atoms with E-state index in [1.54, 1.807) is 0 Å². The average molecular weight is 844 g/mol. The van der Waals surface area contributed by atoms with Crippen LogP contribution in [0.4, 0.5) is 26.7 Å². The largest absolute Gasteiger partial charge is 0.446 e. The van der Waals surface area contributed by atoms with Crippen molar-refractivity contribution >= 4 is 12.1 Å². The van der Waals surface area contributed by atoms with E-state index in [0.29, 0.717) is 38.4 Å². The Kier molecular flexibility index (Phi) is 17.5. The normalized spacial score (nSPS) is 28.1. The summed E-state index contributed by atoms with van der Waals surface area (Å²) in [6, 6.07) is 0. The molecule has 1 aromatic carbocycles. The summed E-state index contributed by atoms with van der Waals surface area (Å²) >= 11 is 0. The minimum atomic E-state index is -2.35. The van der Waals surface area contributed by atoms with Crippen molar-refractivity contribution in [2.24, 2.45) is 46.3 Å². The maximum atomic E-state index is 13.6. The van der Waals surface area contributed by atoms with Crippen LogP contribution in [-0.2, 0) is 28.5 Å². The van der Waals surface area contributed by atoms with E-state index in [9.17, 15) is 31.5 Å². The number of carbonyl (C=O) groups excluding carboxylic acids is 2. The Hall–Kier alpha value is -2.81. The minimum absolute atomic E-state index is 0.0754. The van der Waals surface area contributed by atoms with Crippen molar-refractivity contribution in [1.82, 2.24) is 5.32 Å². The third-order valence-corrected chi connectivity index (χ3v) is 14.0. The lowest BCUT2D eigenvalue weighted by Crippen LogP contribution is -2.51. The summed E-state index contributed by atoms with van der Waals surface area (Å²) < 4.78 is 98.6. The lowest BCUT2D eigenvalue weighted by Gasteiger charge is -2.58. The van der Waals surface area contributed by atoms with E-state index >= 15 is 0 Å². The second-order valence-corrected chi connectivity index (χ2v) is 18.1. The Morgan fingerprint density at radius 1 is 0.746 bits per heavy atom. The van der Waals surface area contributed by atoms with Gasteiger partial charge in [-0.25, -0.2) is 18.0 Å². The Bertz CT molecular complexity index is 1570. The molecule has 9 nitrogen and oxygen atoms in total. The Morgan fingerprint density at radius 2 is 1.36 bits per heavy atom. The van der Waals surface area contributed by atoms with Gasteiger partial charge in [-0.2, -0.15) is 8.78 Å². The van der Waals surface area contributed by atoms with E-state index in [-0.39, 0.29) is 37.9 Å². The first-order chi connectivity index (χ1) is 28.2. The number of benzene rings is 1. The quantitative estimate of drug-likeness (QED) is 0.0234. The van der Waals surface area contributed by atoms with Crippen molar-refractivity contribution in [3.63, 3.8) is 0 Å². The molecule has 0 aromatic heterocycles. The molecular formula is C45H66F5NO8. The second-order valence-electron chi connectivity index (χ2n) is 18.1. The number of carbonyl (C=O) groups is 2. The number of halogens is 5. The molecule has 14 heteroatoms. The second kappa shape index (κ2) is 21.8. The summed E-state index contributed by atoms with van der Waals surface area (Å²) in [6.07, 6.45) is 15.0. The lowest BCUT2D eigenvalue weighted by molar-refractivity contribution is -0.136. The van der Waals surface area contributed by atoms with Crippen LogP contribution in [0.25, 0.3) is 0 Å². The van der Waals surface area contributed by atoms with Gasteiger partial charge < -0.3 is 33.7 Å². The van der Waals surface area contributed by atoms with Crippen molar-refractivity contribution in [3.8, 4) is 5.75 Å². The molecule has 1 N–H and O–H groups in total. The molecule has 5 rings (SSSR count). The average Bonchev–Trinajstić information content (AvgIpc) is 3.56. The third-order valence-electron chi connectivity index (χ3n) is 14.0. The van der Waals surface area contributed by atoms with Gasteiger partial charge >= 0.3 is 12.1 Å². The maximum Gasteiger partial charge on any atom is 0.407 e. The van der Waals surface area contributed by atoms with Gasteiger partial charge in [0.1, 0.15) is 6.10 Å². The van der Waals surface area contributed by atoms with E-state index in [2.05, 4.69) is 50.7 Å². The molecule has 59 heavy (non-hydrogen) atoms. The number of hydrogen-bond acceptors (Lipinski definition) is 8. The monoisotopic (exact) mass is 843 g/mol. The molecule has 0 bridgehead atoms. The van der Waals surface area contributed by atoms with Crippen LogP contribution in [0.3, 0.4) is 0 Å². The molecule has 0 saturated heterocycles. The SMILES string of the molecule is CC(C)CCC[C@@H](C)[C@H]1CC[C@H]2[C@@H]3CC=C4C[C@@H](OC(=O)NCCOCCOCCOCCOCCC(=O)Oc5c(F)c(F)c(F)c(F)c5F)CC[C@]4(C)[C@H]3CC[C@]12C. The number of esters is 1. The Labute approximate surface area is 346 Å². The molecule has 3 saturated carbocycles. The van der Waals surface area contributed by atoms with Gasteiger partial charge in [-0.15, -0.1) is 0 Å². The van der Waals surface area contributed by atoms with Crippen molar-refractivity contribution < 1.29 is 60.0 Å². The molecule has 8 atom stereocenters. The van der Waals surface area contributed by atoms with Crippen LogP contribution >= 0.6 is 0 Å². The predicted octanol–water partition coefficient (Wildman–Crippen LogP) is 9.88. The number of amides is 1. The van der Waals surface area contributed by atoms with Gasteiger partial charge in [0.2, 0.25) is 34.8 Å². The fourth-order valence-electron chi connectivity index (χ4n) is 10.9. The summed E-state index contributed by atoms with van der Waals surface area (Å²) in [7, 11) is 0. The summed E-state index contributed by atoms with van der Waals surface area (Å²) in [6.45, 7) is 14.2. The topological polar surface area (TPSA) is 102 Å². The molecule has 334 valence electrons. The highest BCUT2D eigenvalue weighted by Gasteiger charge is 2.59. The van der Waals surface area contributed by atoms with Crippen LogP contribution < -0.4 is 10.1 Å². The molecule has 4 aliphatic carbocycles. The standard InChI is InChI=1S/C45H66F5NO8/c1-28(2)7-6-8-29(3)33-11-12-34-32-10-9-30-27-31(13-16-44(30,4)35(32)14-17-45(33,34)5)58-43(53)51-18-20-55-22-24-57-26-25-56-23-21-54-19-15-36(52)59-42-40(49)38(47)37(46)39(48)41(42)50/h9,28-29,31-35H,6-8,10-27H2,1-5H3,(H,51,53)/t29-,31+,32+,33-,34+,35+,44+,45-/m1/s1. The van der Waals surface area contributed by atoms with Crippen LogP contribution in [0.1, 0.15) is 112 Å². The number of rotatable bonds is 22. The summed E-state index contributed by atoms with van der Waals surface area (Å²) in [5.41, 5.74) is 2.18. The number of nitrogens with one attached hydrogen (secondary N) is 1. The van der Waals surface area contributed by atoms with E-state index in [1.165, 1.54) is 56.9 Å². The fraction of sp³-hybridized carbons (Fsp3) is 0.778. The van der Waals surface area contributed by atoms with E-state index in [4.69, 9.17) is 23.7 Å². The first kappa shape index (κ1) is 47.2. The maximum absolute atomic E-state index is 13.6. The number of alkyl carbamates (subject to hydrolysis) is 1. The highest BCUT2D eigenvalue weighted by molar-refractivity contribution is 5.72. The molecule has 0 spiro atoms. The zero-order chi connectivity index (χ0) is 42.7. The fourth-order valence-corrected chi connectivity index (χ4v) is 10.9. The van der Waals surface area contributed by atoms with E-state index in [1.807, 2.05) is 0 Å². The lowest BCUT2D eigenvalue weighted by atomic mass is 9.47. The van der Waals surface area contributed by atoms with Crippen LogP contribution in [-0.4, -0.2) is 77.6 Å². The molecular weight excluding hydrogens is 777 g/mol. The zero-order valence-corrected chi connectivity index (χ0v) is 35.6. The number of hydrogen-bond donors (Lipinski definition) is 1. The van der Waals surface area contributed by atoms with Crippen LogP contribution in [0.15, 0.2) is 11.6 Å². The predicted molar refractivity (Wildman–Crippen MR) is 211 cm³/mol. The van der Waals surface area contributed by atoms with Gasteiger partial charge in [0.25, 0.3) is 0 Å². The van der Waals surface area contributed by atoms with Gasteiger partial charge in [0.05, 0.1) is 59.3 Å². The summed E-state index contributed by atoms with van der Waals surface area (Å²) in [5, 5.41) is 2.81. The molecule has 4 aliphatic rings. The smallest absolute Gasteiger partial charge is 0.407 e. The van der Waals surface area contributed by atoms with E-state index in [0.717, 1.165) is 54.8 Å². The summed E-state index contributed by atoms with van der Waals surface area (Å²) in [5.74, 6) is -9.34. The van der Waals surface area contributed by atoms with Gasteiger partial charge in [-0.05, 0) is 91.3 Å². The molecule has 0 unspecified atom stereocenters. The van der Waals surface area contributed by atoms with Gasteiger partial charge in [0.15, 0.2) is 0 Å². The first-order valence-corrected chi connectivity index (χ1v) is 21.8. The summed E-state index contributed by atoms with van der Waals surface area (Å²) in [4.78, 5) is 24.4. The van der Waals surface area contributed by atoms with Crippen LogP contribution in [0.2, 0.25) is 0 Å². The Morgan fingerprint density at radius 3 is 2.00 bits per heavy atom. The highest BCUT2D eigenvalue weighted by Crippen LogP contribution is 2.67. The third kappa shape index (κ3) is 11.8. The Balaban J connectivity index is 0.870. The molecule has 3 fully saturated rings. The molecule has 1 amide bonds. The van der Waals surface area contributed by atoms with Gasteiger partial charge in [-0.1, -0.05) is 65.5 Å². The van der Waals surface area contributed by atoms with Crippen LogP contribution in [0.5, 0.6) is 5.75 Å². The van der Waals surface area contributed by atoms with Crippen molar-refractivity contribution in [2.45, 2.75) is 118 Å². The number of allylic oxidation sites excluding steroid dienone is 1.